The first kappa shape index (κ1) is 13.3. The highest BCUT2D eigenvalue weighted by Crippen LogP contribution is 2.26. The quantitative estimate of drug-likeness (QED) is 0.543. The third kappa shape index (κ3) is 2.76. The molecule has 5 heteroatoms. The minimum Gasteiger partial charge on any atom is -0.435 e. The Bertz CT molecular complexity index is 779. The first-order valence-corrected chi connectivity index (χ1v) is 6.67. The molecular formula is C16H14N2O3. The third-order valence-electron chi connectivity index (χ3n) is 2.93. The largest absolute Gasteiger partial charge is 0.435 e. The lowest BCUT2D eigenvalue weighted by molar-refractivity contribution is -0.137. The molecule has 21 heavy (non-hydrogen) atoms. The Kier molecular flexibility index (Phi) is 3.39. The molecule has 0 atom stereocenters. The Hall–Kier alpha value is -2.69. The standard InChI is InChI=1S/C16H14N2O3/c1-10(2)16(19)20-11-6-7-12-14(9-11)21-15(18-12)13-5-3-4-8-17-13/h3-10H,1-2H3. The molecule has 0 unspecified atom stereocenters. The Labute approximate surface area is 121 Å². The Morgan fingerprint density at radius 3 is 2.81 bits per heavy atom. The summed E-state index contributed by atoms with van der Waals surface area (Å²) in [4.78, 5) is 20.2. The van der Waals surface area contributed by atoms with E-state index in [9.17, 15) is 4.79 Å². The van der Waals surface area contributed by atoms with Crippen molar-refractivity contribution < 1.29 is 13.9 Å². The molecule has 0 N–H and O–H groups in total. The van der Waals surface area contributed by atoms with Crippen molar-refractivity contribution in [2.75, 3.05) is 0 Å². The van der Waals surface area contributed by atoms with E-state index in [1.165, 1.54) is 0 Å². The Balaban J connectivity index is 1.94. The van der Waals surface area contributed by atoms with Crippen LogP contribution in [-0.4, -0.2) is 15.9 Å². The number of ether oxygens (including phenoxy) is 1. The lowest BCUT2D eigenvalue weighted by atomic mass is 10.2. The van der Waals surface area contributed by atoms with E-state index in [-0.39, 0.29) is 11.9 Å². The molecule has 106 valence electrons. The van der Waals surface area contributed by atoms with Crippen molar-refractivity contribution in [1.29, 1.82) is 0 Å². The number of aromatic nitrogens is 2. The van der Waals surface area contributed by atoms with E-state index >= 15 is 0 Å². The molecule has 0 aliphatic carbocycles. The fourth-order valence-electron chi connectivity index (χ4n) is 1.80. The predicted octanol–water partition coefficient (Wildman–Crippen LogP) is 3.45. The molecule has 0 fully saturated rings. The average molecular weight is 282 g/mol. The lowest BCUT2D eigenvalue weighted by Crippen LogP contribution is -2.14. The fourth-order valence-corrected chi connectivity index (χ4v) is 1.80. The second-order valence-electron chi connectivity index (χ2n) is 4.94. The van der Waals surface area contributed by atoms with Crippen molar-refractivity contribution in [2.24, 2.45) is 5.92 Å². The van der Waals surface area contributed by atoms with Gasteiger partial charge in [-0.1, -0.05) is 19.9 Å². The summed E-state index contributed by atoms with van der Waals surface area (Å²) in [6.07, 6.45) is 1.68. The smallest absolute Gasteiger partial charge is 0.313 e. The molecule has 0 saturated heterocycles. The molecule has 3 rings (SSSR count). The van der Waals surface area contributed by atoms with Gasteiger partial charge in [0.1, 0.15) is 17.0 Å². The number of rotatable bonds is 3. The first-order valence-electron chi connectivity index (χ1n) is 6.67. The van der Waals surface area contributed by atoms with Crippen molar-refractivity contribution in [3.63, 3.8) is 0 Å². The lowest BCUT2D eigenvalue weighted by Gasteiger charge is -2.05. The van der Waals surface area contributed by atoms with Crippen LogP contribution in [0.4, 0.5) is 0 Å². The molecule has 0 amide bonds. The van der Waals surface area contributed by atoms with E-state index in [0.717, 1.165) is 0 Å². The SMILES string of the molecule is CC(C)C(=O)Oc1ccc2nc(-c3ccccn3)oc2c1. The van der Waals surface area contributed by atoms with Crippen molar-refractivity contribution in [2.45, 2.75) is 13.8 Å². The number of fused-ring (bicyclic) bond motifs is 1. The normalized spacial score (nSPS) is 11.0. The highest BCUT2D eigenvalue weighted by molar-refractivity contribution is 5.79. The summed E-state index contributed by atoms with van der Waals surface area (Å²) in [7, 11) is 0. The van der Waals surface area contributed by atoms with Crippen LogP contribution in [0.2, 0.25) is 0 Å². The van der Waals surface area contributed by atoms with Crippen LogP contribution in [0.3, 0.4) is 0 Å². The topological polar surface area (TPSA) is 65.2 Å². The minimum absolute atomic E-state index is 0.181. The van der Waals surface area contributed by atoms with Crippen LogP contribution in [-0.2, 0) is 4.79 Å². The van der Waals surface area contributed by atoms with Crippen LogP contribution in [0.15, 0.2) is 47.0 Å². The van der Waals surface area contributed by atoms with Crippen LogP contribution < -0.4 is 4.74 Å². The zero-order chi connectivity index (χ0) is 14.8. The van der Waals surface area contributed by atoms with Gasteiger partial charge in [0.05, 0.1) is 5.92 Å². The minimum atomic E-state index is -0.279. The van der Waals surface area contributed by atoms with E-state index in [4.69, 9.17) is 9.15 Å². The van der Waals surface area contributed by atoms with E-state index in [0.29, 0.717) is 28.4 Å². The Morgan fingerprint density at radius 2 is 2.10 bits per heavy atom. The van der Waals surface area contributed by atoms with Crippen LogP contribution in [0.25, 0.3) is 22.7 Å². The monoisotopic (exact) mass is 282 g/mol. The molecule has 0 aliphatic rings. The second kappa shape index (κ2) is 5.36. The maximum Gasteiger partial charge on any atom is 0.313 e. The second-order valence-corrected chi connectivity index (χ2v) is 4.94. The number of carbonyl (C=O) groups excluding carboxylic acids is 1. The zero-order valence-corrected chi connectivity index (χ0v) is 11.7. The maximum atomic E-state index is 11.6. The molecule has 1 aromatic carbocycles. The van der Waals surface area contributed by atoms with E-state index in [1.807, 2.05) is 18.2 Å². The van der Waals surface area contributed by atoms with Gasteiger partial charge in [-0.2, -0.15) is 0 Å². The molecule has 0 radical (unpaired) electrons. The summed E-state index contributed by atoms with van der Waals surface area (Å²) >= 11 is 0. The van der Waals surface area contributed by atoms with E-state index < -0.39 is 0 Å². The summed E-state index contributed by atoms with van der Waals surface area (Å²) in [5.74, 6) is 0.432. The van der Waals surface area contributed by atoms with Gasteiger partial charge in [-0.25, -0.2) is 4.98 Å². The Morgan fingerprint density at radius 1 is 1.24 bits per heavy atom. The van der Waals surface area contributed by atoms with Gasteiger partial charge in [-0.05, 0) is 24.3 Å². The molecule has 3 aromatic rings. The molecule has 2 aromatic heterocycles. The molecule has 5 nitrogen and oxygen atoms in total. The van der Waals surface area contributed by atoms with Gasteiger partial charge in [-0.15, -0.1) is 0 Å². The number of carbonyl (C=O) groups is 1. The van der Waals surface area contributed by atoms with Gasteiger partial charge in [0.2, 0.25) is 5.89 Å². The van der Waals surface area contributed by atoms with Crippen molar-refractivity contribution in [3.05, 3.63) is 42.6 Å². The first-order chi connectivity index (χ1) is 10.1. The fraction of sp³-hybridized carbons (Fsp3) is 0.188. The van der Waals surface area contributed by atoms with Gasteiger partial charge in [0, 0.05) is 12.3 Å². The highest BCUT2D eigenvalue weighted by Gasteiger charge is 2.13. The van der Waals surface area contributed by atoms with Gasteiger partial charge in [0.25, 0.3) is 0 Å². The van der Waals surface area contributed by atoms with Gasteiger partial charge in [-0.3, -0.25) is 9.78 Å². The van der Waals surface area contributed by atoms with Crippen molar-refractivity contribution in [3.8, 4) is 17.3 Å². The maximum absolute atomic E-state index is 11.6. The predicted molar refractivity (Wildman–Crippen MR) is 77.7 cm³/mol. The number of benzene rings is 1. The summed E-state index contributed by atoms with van der Waals surface area (Å²) in [6, 6.07) is 10.6. The van der Waals surface area contributed by atoms with Crippen LogP contribution in [0.1, 0.15) is 13.8 Å². The molecule has 0 bridgehead atoms. The third-order valence-corrected chi connectivity index (χ3v) is 2.93. The molecule has 0 saturated carbocycles. The molecule has 2 heterocycles. The molecule has 0 spiro atoms. The molecular weight excluding hydrogens is 268 g/mol. The van der Waals surface area contributed by atoms with Gasteiger partial charge >= 0.3 is 5.97 Å². The van der Waals surface area contributed by atoms with E-state index in [2.05, 4.69) is 9.97 Å². The van der Waals surface area contributed by atoms with Crippen molar-refractivity contribution >= 4 is 17.1 Å². The van der Waals surface area contributed by atoms with Crippen molar-refractivity contribution in [1.82, 2.24) is 9.97 Å². The van der Waals surface area contributed by atoms with Gasteiger partial charge in [0.15, 0.2) is 5.58 Å². The number of hydrogen-bond acceptors (Lipinski definition) is 5. The summed E-state index contributed by atoms with van der Waals surface area (Å²) < 4.78 is 10.9. The number of nitrogens with zero attached hydrogens (tertiary/aromatic N) is 2. The van der Waals surface area contributed by atoms with E-state index in [1.54, 1.807) is 38.2 Å². The highest BCUT2D eigenvalue weighted by atomic mass is 16.5. The van der Waals surface area contributed by atoms with Crippen LogP contribution in [0.5, 0.6) is 5.75 Å². The number of pyridine rings is 1. The van der Waals surface area contributed by atoms with Crippen LogP contribution in [0, 0.1) is 5.92 Å². The van der Waals surface area contributed by atoms with Gasteiger partial charge < -0.3 is 9.15 Å². The number of esters is 1. The molecule has 0 aliphatic heterocycles. The number of oxazole rings is 1. The average Bonchev–Trinajstić information content (AvgIpc) is 2.91. The summed E-state index contributed by atoms with van der Waals surface area (Å²) in [6.45, 7) is 3.57. The number of hydrogen-bond donors (Lipinski definition) is 0. The zero-order valence-electron chi connectivity index (χ0n) is 11.7. The summed E-state index contributed by atoms with van der Waals surface area (Å²) in [5, 5.41) is 0. The van der Waals surface area contributed by atoms with Crippen LogP contribution >= 0.6 is 0 Å². The summed E-state index contributed by atoms with van der Waals surface area (Å²) in [5.41, 5.74) is 1.92.